The summed E-state index contributed by atoms with van der Waals surface area (Å²) >= 11 is 0. The molecule has 1 aliphatic rings. The van der Waals surface area contributed by atoms with Gasteiger partial charge < -0.3 is 34.1 Å². The first-order chi connectivity index (χ1) is 25.1. The fourth-order valence-corrected chi connectivity index (χ4v) is 7.61. The molecule has 13 heteroatoms. The molecule has 5 rings (SSSR count). The number of anilines is 1. The van der Waals surface area contributed by atoms with Crippen molar-refractivity contribution >= 4 is 21.8 Å². The number of aryl methyl sites for hydroxylation is 1. The van der Waals surface area contributed by atoms with Crippen LogP contribution in [-0.2, 0) is 26.1 Å². The number of para-hydroxylation sites is 2. The first-order valence-corrected chi connectivity index (χ1v) is 18.5. The van der Waals surface area contributed by atoms with E-state index in [1.54, 1.807) is 19.2 Å². The van der Waals surface area contributed by atoms with Crippen molar-refractivity contribution in [1.82, 2.24) is 4.90 Å². The lowest BCUT2D eigenvalue weighted by Crippen LogP contribution is -2.47. The van der Waals surface area contributed by atoms with E-state index in [2.05, 4.69) is 0 Å². The minimum atomic E-state index is -4.27. The fourth-order valence-electron chi connectivity index (χ4n) is 6.10. The van der Waals surface area contributed by atoms with Gasteiger partial charge in [-0.2, -0.15) is 0 Å². The van der Waals surface area contributed by atoms with Gasteiger partial charge in [0.1, 0.15) is 17.3 Å². The number of nitrogens with zero attached hydrogens (tertiary/aromatic N) is 2. The molecule has 1 amide bonds. The molecule has 0 aromatic heterocycles. The third-order valence-corrected chi connectivity index (χ3v) is 10.7. The number of piperidine rings is 1. The summed E-state index contributed by atoms with van der Waals surface area (Å²) in [5.41, 5.74) is 2.53. The third kappa shape index (κ3) is 10.0. The second-order valence-electron chi connectivity index (χ2n) is 12.6. The van der Waals surface area contributed by atoms with Crippen molar-refractivity contribution in [1.29, 1.82) is 0 Å². The van der Waals surface area contributed by atoms with Gasteiger partial charge in [-0.3, -0.25) is 4.31 Å². The zero-order valence-corrected chi connectivity index (χ0v) is 30.1. The Morgan fingerprint density at radius 2 is 1.69 bits per heavy atom. The van der Waals surface area contributed by atoms with E-state index in [9.17, 15) is 27.8 Å². The summed E-state index contributed by atoms with van der Waals surface area (Å²) in [5.74, 6) is 0.485. The number of likely N-dealkylation sites (tertiary alicyclic amines) is 1. The van der Waals surface area contributed by atoms with Gasteiger partial charge in [-0.25, -0.2) is 17.6 Å². The molecular weight excluding hydrogens is 691 g/mol. The smallest absolute Gasteiger partial charge is 0.407 e. The highest BCUT2D eigenvalue weighted by molar-refractivity contribution is 7.92. The summed E-state index contributed by atoms with van der Waals surface area (Å²) < 4.78 is 66.4. The molecule has 0 spiro atoms. The molecule has 1 fully saturated rings. The van der Waals surface area contributed by atoms with Crippen LogP contribution in [0.15, 0.2) is 102 Å². The number of sulfonamides is 1. The van der Waals surface area contributed by atoms with Crippen LogP contribution in [0, 0.1) is 12.7 Å². The van der Waals surface area contributed by atoms with Gasteiger partial charge >= 0.3 is 6.09 Å². The van der Waals surface area contributed by atoms with Crippen molar-refractivity contribution in [2.45, 2.75) is 49.4 Å². The maximum Gasteiger partial charge on any atom is 0.407 e. The van der Waals surface area contributed by atoms with Gasteiger partial charge in [0.05, 0.1) is 69.4 Å². The van der Waals surface area contributed by atoms with Crippen molar-refractivity contribution in [2.75, 3.05) is 50.9 Å². The molecule has 4 aromatic rings. The molecule has 0 bridgehead atoms. The van der Waals surface area contributed by atoms with Gasteiger partial charge in [-0.1, -0.05) is 60.2 Å². The summed E-state index contributed by atoms with van der Waals surface area (Å²) in [5, 5.41) is 20.8. The first kappa shape index (κ1) is 38.5. The minimum absolute atomic E-state index is 0.0521. The number of methoxy groups -OCH3 is 1. The van der Waals surface area contributed by atoms with E-state index in [0.717, 1.165) is 32.8 Å². The number of halogens is 1. The average Bonchev–Trinajstić information content (AvgIpc) is 3.15. The van der Waals surface area contributed by atoms with Gasteiger partial charge in [0.25, 0.3) is 10.0 Å². The SMILES string of the molecule is COc1ccccc1COCCCOc1ccc(C2CCN(C(=O)O)CC2OCC(O)CN(c2ccccc2F)S(=O)(=O)c2ccc(C)cc2)cc1. The first-order valence-electron chi connectivity index (χ1n) is 17.1. The zero-order valence-electron chi connectivity index (χ0n) is 29.3. The van der Waals surface area contributed by atoms with Crippen LogP contribution in [0.1, 0.15) is 35.4 Å². The zero-order chi connectivity index (χ0) is 37.1. The molecule has 2 N–H and O–H groups in total. The van der Waals surface area contributed by atoms with E-state index in [1.807, 2.05) is 55.5 Å². The number of hydrogen-bond donors (Lipinski definition) is 2. The largest absolute Gasteiger partial charge is 0.496 e. The molecule has 1 heterocycles. The molecule has 278 valence electrons. The lowest BCUT2D eigenvalue weighted by atomic mass is 9.87. The van der Waals surface area contributed by atoms with E-state index in [0.29, 0.717) is 45.0 Å². The number of benzene rings is 4. The normalized spacial score (nSPS) is 16.7. The molecule has 0 saturated carbocycles. The summed E-state index contributed by atoms with van der Waals surface area (Å²) in [6.07, 6.45) is -1.93. The summed E-state index contributed by atoms with van der Waals surface area (Å²) in [6.45, 7) is 2.77. The Morgan fingerprint density at radius 3 is 2.40 bits per heavy atom. The van der Waals surface area contributed by atoms with Crippen molar-refractivity contribution in [3.63, 3.8) is 0 Å². The Morgan fingerprint density at radius 1 is 0.981 bits per heavy atom. The van der Waals surface area contributed by atoms with Crippen molar-refractivity contribution in [3.8, 4) is 11.5 Å². The summed E-state index contributed by atoms with van der Waals surface area (Å²) in [4.78, 5) is 13.1. The van der Waals surface area contributed by atoms with Crippen LogP contribution in [0.5, 0.6) is 11.5 Å². The highest BCUT2D eigenvalue weighted by Crippen LogP contribution is 2.33. The standard InChI is InChI=1S/C39H45FN2O9S/c1-28-12-18-33(19-13-28)52(46,47)42(36-10-5-4-9-35(36)40)24-31(43)27-51-38-25-41(39(44)45)21-20-34(38)29-14-16-32(17-15-29)50-23-7-22-49-26-30-8-3-6-11-37(30)48-2/h3-6,8-19,31,34,38,43H,7,20-27H2,1-2H3,(H,44,45). The molecule has 4 aromatic carbocycles. The molecule has 52 heavy (non-hydrogen) atoms. The third-order valence-electron chi connectivity index (χ3n) is 8.90. The van der Waals surface area contributed by atoms with Crippen molar-refractivity contribution in [3.05, 3.63) is 120 Å². The van der Waals surface area contributed by atoms with Crippen LogP contribution in [-0.4, -0.2) is 88.4 Å². The fraction of sp³-hybridized carbons (Fsp3) is 0.359. The van der Waals surface area contributed by atoms with Gasteiger partial charge in [-0.15, -0.1) is 0 Å². The number of ether oxygens (including phenoxy) is 4. The van der Waals surface area contributed by atoms with E-state index in [-0.39, 0.29) is 29.7 Å². The molecular formula is C39H45FN2O9S. The van der Waals surface area contributed by atoms with Gasteiger partial charge in [-0.05, 0) is 61.4 Å². The average molecular weight is 737 g/mol. The summed E-state index contributed by atoms with van der Waals surface area (Å²) in [7, 11) is -2.64. The van der Waals surface area contributed by atoms with Crippen LogP contribution in [0.25, 0.3) is 0 Å². The van der Waals surface area contributed by atoms with E-state index >= 15 is 0 Å². The molecule has 3 unspecified atom stereocenters. The lowest BCUT2D eigenvalue weighted by molar-refractivity contribution is -0.0441. The molecule has 1 saturated heterocycles. The molecule has 1 aliphatic heterocycles. The maximum absolute atomic E-state index is 15.0. The lowest BCUT2D eigenvalue weighted by Gasteiger charge is -2.38. The van der Waals surface area contributed by atoms with Crippen LogP contribution in [0.3, 0.4) is 0 Å². The van der Waals surface area contributed by atoms with E-state index < -0.39 is 40.7 Å². The van der Waals surface area contributed by atoms with Crippen LogP contribution >= 0.6 is 0 Å². The Labute approximate surface area is 304 Å². The Bertz CT molecular complexity index is 1860. The predicted octanol–water partition coefficient (Wildman–Crippen LogP) is 6.24. The number of carbonyl (C=O) groups is 1. The Kier molecular flexibility index (Phi) is 13.5. The number of aliphatic hydroxyl groups is 1. The quantitative estimate of drug-likeness (QED) is 0.121. The molecule has 0 aliphatic carbocycles. The Hall–Kier alpha value is -4.69. The van der Waals surface area contributed by atoms with E-state index in [1.165, 1.54) is 35.2 Å². The number of hydrogen-bond acceptors (Lipinski definition) is 8. The van der Waals surface area contributed by atoms with Crippen molar-refractivity contribution in [2.24, 2.45) is 0 Å². The Balaban J connectivity index is 1.19. The van der Waals surface area contributed by atoms with Crippen molar-refractivity contribution < 1.29 is 46.8 Å². The molecule has 11 nitrogen and oxygen atoms in total. The topological polar surface area (TPSA) is 135 Å². The van der Waals surface area contributed by atoms with Gasteiger partial charge in [0.15, 0.2) is 0 Å². The molecule has 0 radical (unpaired) electrons. The second kappa shape index (κ2) is 18.2. The predicted molar refractivity (Wildman–Crippen MR) is 194 cm³/mol. The maximum atomic E-state index is 15.0. The highest BCUT2D eigenvalue weighted by atomic mass is 32.2. The van der Waals surface area contributed by atoms with Crippen LogP contribution in [0.4, 0.5) is 14.9 Å². The number of carboxylic acid groups (broad SMARTS) is 1. The van der Waals surface area contributed by atoms with Crippen LogP contribution < -0.4 is 13.8 Å². The number of aliphatic hydroxyl groups excluding tert-OH is 1. The van der Waals surface area contributed by atoms with Gasteiger partial charge in [0, 0.05) is 24.4 Å². The molecule has 3 atom stereocenters. The highest BCUT2D eigenvalue weighted by Gasteiger charge is 2.35. The monoisotopic (exact) mass is 736 g/mol. The van der Waals surface area contributed by atoms with Crippen LogP contribution in [0.2, 0.25) is 0 Å². The number of rotatable bonds is 17. The number of amides is 1. The minimum Gasteiger partial charge on any atom is -0.496 e. The van der Waals surface area contributed by atoms with Gasteiger partial charge in [0.2, 0.25) is 0 Å². The van der Waals surface area contributed by atoms with E-state index in [4.69, 9.17) is 18.9 Å². The second-order valence-corrected chi connectivity index (χ2v) is 14.4. The summed E-state index contributed by atoms with van der Waals surface area (Å²) in [6, 6.07) is 26.8.